The first kappa shape index (κ1) is 27.9. The molecule has 0 spiro atoms. The maximum Gasteiger partial charge on any atom is 0.433 e. The van der Waals surface area contributed by atoms with Crippen LogP contribution in [0.25, 0.3) is 21.9 Å². The van der Waals surface area contributed by atoms with Crippen LogP contribution in [0.3, 0.4) is 0 Å². The van der Waals surface area contributed by atoms with Gasteiger partial charge in [-0.25, -0.2) is 4.98 Å². The Labute approximate surface area is 232 Å². The van der Waals surface area contributed by atoms with Crippen LogP contribution < -0.4 is 19.6 Å². The third-order valence-corrected chi connectivity index (χ3v) is 6.10. The van der Waals surface area contributed by atoms with Crippen LogP contribution in [-0.2, 0) is 12.8 Å². The van der Waals surface area contributed by atoms with Crippen molar-refractivity contribution in [2.75, 3.05) is 27.2 Å². The van der Waals surface area contributed by atoms with E-state index >= 15 is 0 Å². The van der Waals surface area contributed by atoms with Crippen LogP contribution in [0.2, 0.25) is 0 Å². The maximum absolute atomic E-state index is 13.3. The number of likely N-dealkylation sites (N-methyl/N-ethyl adjacent to an activating group) is 1. The highest BCUT2D eigenvalue weighted by atomic mass is 19.4. The lowest BCUT2D eigenvalue weighted by atomic mass is 10.1. The molecule has 8 nitrogen and oxygen atoms in total. The van der Waals surface area contributed by atoms with Crippen molar-refractivity contribution in [3.63, 3.8) is 0 Å². The zero-order valence-corrected chi connectivity index (χ0v) is 22.5. The number of fused-ring (bicyclic) bond motifs is 2. The van der Waals surface area contributed by atoms with E-state index in [0.29, 0.717) is 57.9 Å². The molecule has 0 unspecified atom stereocenters. The smallest absolute Gasteiger partial charge is 0.433 e. The van der Waals surface area contributed by atoms with Crippen molar-refractivity contribution in [2.24, 2.45) is 0 Å². The van der Waals surface area contributed by atoms with Crippen LogP contribution in [0, 0.1) is 6.92 Å². The molecule has 0 saturated heterocycles. The Balaban J connectivity index is 1.31. The highest BCUT2D eigenvalue weighted by Gasteiger charge is 2.32. The van der Waals surface area contributed by atoms with Gasteiger partial charge in [0.05, 0.1) is 17.0 Å². The number of hydrogen-bond donors (Lipinski definition) is 0. The van der Waals surface area contributed by atoms with E-state index in [-0.39, 0.29) is 17.9 Å². The molecule has 2 aromatic carbocycles. The van der Waals surface area contributed by atoms with E-state index in [0.717, 1.165) is 17.8 Å². The van der Waals surface area contributed by atoms with Crippen LogP contribution in [0.5, 0.6) is 23.1 Å². The lowest BCUT2D eigenvalue weighted by Crippen LogP contribution is -2.19. The van der Waals surface area contributed by atoms with Gasteiger partial charge in [-0.05, 0) is 63.0 Å². The lowest BCUT2D eigenvalue weighted by Gasteiger charge is -2.13. The second kappa shape index (κ2) is 11.5. The highest BCUT2D eigenvalue weighted by molar-refractivity contribution is 5.93. The SMILES string of the molecule is Cc1cc(OCCN(C)C)c2oc3cc(Oc4ccc(OCc5ccc(C(F)(F)F)nc5)nc4)ccc3c(=O)c2c1. The van der Waals surface area contributed by atoms with E-state index in [4.69, 9.17) is 18.6 Å². The highest BCUT2D eigenvalue weighted by Crippen LogP contribution is 2.32. The number of halogens is 3. The Hall–Kier alpha value is -4.64. The van der Waals surface area contributed by atoms with Gasteiger partial charge in [0.1, 0.15) is 36.0 Å². The Morgan fingerprint density at radius 2 is 1.71 bits per heavy atom. The number of hydrogen-bond acceptors (Lipinski definition) is 8. The summed E-state index contributed by atoms with van der Waals surface area (Å²) >= 11 is 0. The minimum absolute atomic E-state index is 0.00359. The number of pyridine rings is 2. The molecular weight excluding hydrogens is 539 g/mol. The number of aromatic nitrogens is 2. The Morgan fingerprint density at radius 1 is 0.902 bits per heavy atom. The molecule has 0 aliphatic rings. The summed E-state index contributed by atoms with van der Waals surface area (Å²) < 4.78 is 61.6. The summed E-state index contributed by atoms with van der Waals surface area (Å²) in [7, 11) is 3.90. The number of aryl methyl sites for hydroxylation is 1. The summed E-state index contributed by atoms with van der Waals surface area (Å²) in [5.74, 6) is 1.58. The van der Waals surface area contributed by atoms with Crippen molar-refractivity contribution in [3.05, 3.63) is 94.0 Å². The summed E-state index contributed by atoms with van der Waals surface area (Å²) in [5, 5.41) is 0.854. The topological polar surface area (TPSA) is 86.9 Å². The molecule has 0 fully saturated rings. The molecule has 0 saturated carbocycles. The fourth-order valence-corrected chi connectivity index (χ4v) is 4.04. The zero-order valence-electron chi connectivity index (χ0n) is 22.5. The molecule has 0 aliphatic heterocycles. The number of ether oxygens (including phenoxy) is 3. The van der Waals surface area contributed by atoms with Gasteiger partial charge in [-0.1, -0.05) is 6.07 Å². The first-order chi connectivity index (χ1) is 19.6. The second-order valence-electron chi connectivity index (χ2n) is 9.65. The minimum atomic E-state index is -4.50. The second-order valence-corrected chi connectivity index (χ2v) is 9.65. The molecule has 3 aromatic heterocycles. The summed E-state index contributed by atoms with van der Waals surface area (Å²) in [6, 6.07) is 14.0. The van der Waals surface area contributed by atoms with Gasteiger partial charge in [0.15, 0.2) is 11.3 Å². The Morgan fingerprint density at radius 3 is 2.39 bits per heavy atom. The van der Waals surface area contributed by atoms with Crippen molar-refractivity contribution in [3.8, 4) is 23.1 Å². The van der Waals surface area contributed by atoms with Crippen molar-refractivity contribution < 1.29 is 31.8 Å². The molecule has 0 amide bonds. The van der Waals surface area contributed by atoms with E-state index in [1.54, 1.807) is 36.4 Å². The zero-order chi connectivity index (χ0) is 29.1. The molecule has 41 heavy (non-hydrogen) atoms. The van der Waals surface area contributed by atoms with E-state index in [1.165, 1.54) is 12.3 Å². The van der Waals surface area contributed by atoms with Crippen LogP contribution in [-0.4, -0.2) is 42.1 Å². The van der Waals surface area contributed by atoms with E-state index < -0.39 is 11.9 Å². The first-order valence-corrected chi connectivity index (χ1v) is 12.6. The van der Waals surface area contributed by atoms with E-state index in [2.05, 4.69) is 9.97 Å². The van der Waals surface area contributed by atoms with Gasteiger partial charge in [-0.15, -0.1) is 0 Å². The van der Waals surface area contributed by atoms with Gasteiger partial charge in [0, 0.05) is 30.4 Å². The number of benzene rings is 2. The quantitative estimate of drug-likeness (QED) is 0.191. The molecule has 0 radical (unpaired) electrons. The summed E-state index contributed by atoms with van der Waals surface area (Å²) in [4.78, 5) is 22.9. The van der Waals surface area contributed by atoms with Gasteiger partial charge < -0.3 is 23.5 Å². The van der Waals surface area contributed by atoms with Crippen molar-refractivity contribution in [2.45, 2.75) is 19.7 Å². The standard InChI is InChI=1S/C30H26F3N3O5/c1-18-12-23-28(37)22-7-5-20(14-24(22)41-29(23)25(13-18)38-11-10-36(2)3)40-21-6-9-27(35-16-21)39-17-19-4-8-26(34-15-19)30(31,32)33/h4-9,12-16H,10-11,17H2,1-3H3. The summed E-state index contributed by atoms with van der Waals surface area (Å²) in [5.41, 5.74) is 0.938. The van der Waals surface area contributed by atoms with Crippen LogP contribution >= 0.6 is 0 Å². The lowest BCUT2D eigenvalue weighted by molar-refractivity contribution is -0.141. The van der Waals surface area contributed by atoms with E-state index in [1.807, 2.05) is 32.0 Å². The molecule has 11 heteroatoms. The number of rotatable bonds is 9. The minimum Gasteiger partial charge on any atom is -0.488 e. The van der Waals surface area contributed by atoms with Gasteiger partial charge >= 0.3 is 6.18 Å². The average molecular weight is 566 g/mol. The fraction of sp³-hybridized carbons (Fsp3) is 0.233. The number of alkyl halides is 3. The van der Waals surface area contributed by atoms with Gasteiger partial charge in [-0.2, -0.15) is 13.2 Å². The molecule has 5 aromatic rings. The molecular formula is C30H26F3N3O5. The van der Waals surface area contributed by atoms with Gasteiger partial charge in [0.2, 0.25) is 11.3 Å². The van der Waals surface area contributed by atoms with E-state index in [9.17, 15) is 18.0 Å². The molecule has 0 N–H and O–H groups in total. The van der Waals surface area contributed by atoms with Crippen LogP contribution in [0.4, 0.5) is 13.2 Å². The first-order valence-electron chi connectivity index (χ1n) is 12.6. The predicted octanol–water partition coefficient (Wildman–Crippen LogP) is 6.38. The van der Waals surface area contributed by atoms with Crippen LogP contribution in [0.15, 0.2) is 76.2 Å². The van der Waals surface area contributed by atoms with Crippen molar-refractivity contribution >= 4 is 21.9 Å². The normalized spacial score (nSPS) is 11.8. The third-order valence-electron chi connectivity index (χ3n) is 6.10. The fourth-order valence-electron chi connectivity index (χ4n) is 4.04. The molecule has 212 valence electrons. The van der Waals surface area contributed by atoms with Crippen molar-refractivity contribution in [1.82, 2.24) is 14.9 Å². The van der Waals surface area contributed by atoms with Gasteiger partial charge in [0.25, 0.3) is 0 Å². The summed E-state index contributed by atoms with van der Waals surface area (Å²) in [6.45, 7) is 3.03. The molecule has 3 heterocycles. The van der Waals surface area contributed by atoms with Gasteiger partial charge in [-0.3, -0.25) is 9.78 Å². The third kappa shape index (κ3) is 6.58. The number of nitrogens with zero attached hydrogens (tertiary/aromatic N) is 3. The maximum atomic E-state index is 13.3. The van der Waals surface area contributed by atoms with Crippen LogP contribution in [0.1, 0.15) is 16.8 Å². The monoisotopic (exact) mass is 565 g/mol. The predicted molar refractivity (Wildman–Crippen MR) is 147 cm³/mol. The Kier molecular flexibility index (Phi) is 7.80. The molecule has 0 atom stereocenters. The molecule has 5 rings (SSSR count). The van der Waals surface area contributed by atoms with Crippen molar-refractivity contribution in [1.29, 1.82) is 0 Å². The molecule has 0 bridgehead atoms. The molecule has 0 aliphatic carbocycles. The summed E-state index contributed by atoms with van der Waals surface area (Å²) in [6.07, 6.45) is -1.94. The largest absolute Gasteiger partial charge is 0.488 e. The average Bonchev–Trinajstić information content (AvgIpc) is 2.93. The Bertz CT molecular complexity index is 1730.